The summed E-state index contributed by atoms with van der Waals surface area (Å²) < 4.78 is 37.7. The Labute approximate surface area is 285 Å². The molecule has 3 aliphatic rings. The number of rotatable bonds is 9. The van der Waals surface area contributed by atoms with Gasteiger partial charge in [0, 0.05) is 41.1 Å². The highest BCUT2D eigenvalue weighted by Gasteiger charge is 2.43. The van der Waals surface area contributed by atoms with Gasteiger partial charge in [0.25, 0.3) is 0 Å². The van der Waals surface area contributed by atoms with Gasteiger partial charge in [-0.1, -0.05) is 57.4 Å². The Balaban J connectivity index is 1.42. The molecule has 0 radical (unpaired) electrons. The van der Waals surface area contributed by atoms with Gasteiger partial charge in [-0.15, -0.1) is 0 Å². The zero-order valence-corrected chi connectivity index (χ0v) is 29.6. The molecular formula is C43H49F2N2O+. The van der Waals surface area contributed by atoms with Crippen molar-refractivity contribution < 1.29 is 18.1 Å². The van der Waals surface area contributed by atoms with Gasteiger partial charge in [0.15, 0.2) is 5.71 Å². The van der Waals surface area contributed by atoms with E-state index in [9.17, 15) is 8.78 Å². The number of benzene rings is 3. The fourth-order valence-corrected chi connectivity index (χ4v) is 7.65. The molecule has 3 aromatic rings. The molecular weight excluding hydrogens is 598 g/mol. The van der Waals surface area contributed by atoms with E-state index in [-0.39, 0.29) is 22.5 Å². The van der Waals surface area contributed by atoms with Crippen LogP contribution in [-0.2, 0) is 10.8 Å². The first-order valence-electron chi connectivity index (χ1n) is 17.5. The van der Waals surface area contributed by atoms with E-state index >= 15 is 0 Å². The highest BCUT2D eigenvalue weighted by atomic mass is 19.1. The first-order valence-corrected chi connectivity index (χ1v) is 17.5. The summed E-state index contributed by atoms with van der Waals surface area (Å²) in [7, 11) is 2.06. The van der Waals surface area contributed by atoms with Crippen molar-refractivity contribution in [2.45, 2.75) is 90.9 Å². The van der Waals surface area contributed by atoms with E-state index in [0.29, 0.717) is 0 Å². The number of fused-ring (bicyclic) bond motifs is 2. The molecule has 0 saturated heterocycles. The molecule has 0 bridgehead atoms. The van der Waals surface area contributed by atoms with Crippen molar-refractivity contribution in [3.05, 3.63) is 136 Å². The Morgan fingerprint density at radius 1 is 0.833 bits per heavy atom. The molecule has 6 rings (SSSR count). The zero-order valence-electron chi connectivity index (χ0n) is 29.6. The van der Waals surface area contributed by atoms with E-state index in [1.165, 1.54) is 17.3 Å². The molecule has 2 aliphatic heterocycles. The van der Waals surface area contributed by atoms with Crippen LogP contribution in [0.4, 0.5) is 20.2 Å². The maximum Gasteiger partial charge on any atom is 0.209 e. The van der Waals surface area contributed by atoms with Gasteiger partial charge in [-0.25, -0.2) is 8.78 Å². The molecule has 0 saturated carbocycles. The van der Waals surface area contributed by atoms with Crippen LogP contribution in [0.5, 0.6) is 5.75 Å². The quantitative estimate of drug-likeness (QED) is 0.170. The number of ether oxygens (including phenoxy) is 1. The van der Waals surface area contributed by atoms with E-state index in [4.69, 9.17) is 4.74 Å². The van der Waals surface area contributed by atoms with Gasteiger partial charge in [0.1, 0.15) is 30.2 Å². The number of unbranched alkanes of at least 4 members (excludes halogenated alkanes) is 2. The molecule has 0 aromatic heterocycles. The Morgan fingerprint density at radius 3 is 2.27 bits per heavy atom. The first kappa shape index (κ1) is 33.6. The van der Waals surface area contributed by atoms with Gasteiger partial charge in [-0.3, -0.25) is 0 Å². The third-order valence-corrected chi connectivity index (χ3v) is 10.4. The second-order valence-corrected chi connectivity index (χ2v) is 14.6. The number of aryl methyl sites for hydroxylation is 1. The van der Waals surface area contributed by atoms with Gasteiger partial charge in [0.05, 0.1) is 5.41 Å². The topological polar surface area (TPSA) is 15.5 Å². The predicted molar refractivity (Wildman–Crippen MR) is 195 cm³/mol. The van der Waals surface area contributed by atoms with E-state index < -0.39 is 0 Å². The molecule has 1 aliphatic carbocycles. The van der Waals surface area contributed by atoms with Gasteiger partial charge in [0.2, 0.25) is 5.69 Å². The summed E-state index contributed by atoms with van der Waals surface area (Å²) in [5.74, 6) is 1.28. The molecule has 0 N–H and O–H groups in total. The molecule has 3 aromatic carbocycles. The first-order chi connectivity index (χ1) is 22.9. The molecule has 250 valence electrons. The van der Waals surface area contributed by atoms with Crippen molar-refractivity contribution in [1.29, 1.82) is 0 Å². The van der Waals surface area contributed by atoms with Crippen molar-refractivity contribution in [3.8, 4) is 5.75 Å². The van der Waals surface area contributed by atoms with Crippen LogP contribution < -0.4 is 9.64 Å². The SMILES string of the molecule is CCCCCN1/C(=C/C=C2\CCCC(/C=C/C3=[N+](C)c4ccc(F)cc4C3(C)C)=C2Oc2ccc(C)cc2)C(C)(C)c2cc(F)ccc21. The number of hydrogen-bond donors (Lipinski definition) is 0. The largest absolute Gasteiger partial charge is 0.457 e. The van der Waals surface area contributed by atoms with Crippen LogP contribution in [0.2, 0.25) is 0 Å². The predicted octanol–water partition coefficient (Wildman–Crippen LogP) is 11.2. The molecule has 0 amide bonds. The number of hydrogen-bond acceptors (Lipinski definition) is 2. The van der Waals surface area contributed by atoms with Crippen LogP contribution in [-0.4, -0.2) is 23.9 Å². The lowest BCUT2D eigenvalue weighted by atomic mass is 9.81. The van der Waals surface area contributed by atoms with Crippen LogP contribution in [0.1, 0.15) is 89.8 Å². The van der Waals surface area contributed by atoms with E-state index in [1.54, 1.807) is 18.2 Å². The average Bonchev–Trinajstić information content (AvgIpc) is 3.37. The zero-order chi connectivity index (χ0) is 34.2. The summed E-state index contributed by atoms with van der Waals surface area (Å²) in [4.78, 5) is 2.39. The normalized spacial score (nSPS) is 20.0. The van der Waals surface area contributed by atoms with E-state index in [2.05, 4.69) is 94.5 Å². The monoisotopic (exact) mass is 647 g/mol. The maximum absolute atomic E-state index is 14.5. The lowest BCUT2D eigenvalue weighted by molar-refractivity contribution is -0.401. The van der Waals surface area contributed by atoms with Gasteiger partial charge in [-0.05, 0) is 118 Å². The smallest absolute Gasteiger partial charge is 0.209 e. The standard InChI is InChI=1S/C43H49F2N2O/c1-8-9-10-26-47-38-23-19-33(45)28-36(38)43(5,6)40(47)25-17-31-13-11-12-30(41(31)48-34-20-14-29(2)15-21-34)16-24-39-42(3,4)35-27-32(44)18-22-37(35)46(39)7/h14-25,27-28H,8-13,26H2,1-7H3/q+1. The molecule has 48 heavy (non-hydrogen) atoms. The summed E-state index contributed by atoms with van der Waals surface area (Å²) in [6, 6.07) is 18.5. The fraction of sp³-hybridized carbons (Fsp3) is 0.372. The Kier molecular flexibility index (Phi) is 9.35. The lowest BCUT2D eigenvalue weighted by Crippen LogP contribution is -2.27. The minimum absolute atomic E-state index is 0.197. The summed E-state index contributed by atoms with van der Waals surface area (Å²) in [6.45, 7) is 13.9. The molecule has 0 fully saturated rings. The van der Waals surface area contributed by atoms with Crippen LogP contribution in [0.15, 0.2) is 108 Å². The van der Waals surface area contributed by atoms with Crippen molar-refractivity contribution in [2.24, 2.45) is 0 Å². The lowest BCUT2D eigenvalue weighted by Gasteiger charge is -2.27. The van der Waals surface area contributed by atoms with Crippen LogP contribution >= 0.6 is 0 Å². The Hall–Kier alpha value is -4.25. The van der Waals surface area contributed by atoms with Gasteiger partial charge in [-0.2, -0.15) is 4.58 Å². The number of allylic oxidation sites excluding steroid dienone is 7. The minimum Gasteiger partial charge on any atom is -0.457 e. The van der Waals surface area contributed by atoms with E-state index in [1.807, 2.05) is 24.3 Å². The van der Waals surface area contributed by atoms with Crippen molar-refractivity contribution in [1.82, 2.24) is 0 Å². The average molecular weight is 648 g/mol. The van der Waals surface area contributed by atoms with E-state index in [0.717, 1.165) is 95.9 Å². The van der Waals surface area contributed by atoms with Crippen LogP contribution in [0, 0.1) is 18.6 Å². The van der Waals surface area contributed by atoms with Crippen LogP contribution in [0.25, 0.3) is 0 Å². The second-order valence-electron chi connectivity index (χ2n) is 14.6. The molecule has 0 atom stereocenters. The molecule has 5 heteroatoms. The summed E-state index contributed by atoms with van der Waals surface area (Å²) >= 11 is 0. The maximum atomic E-state index is 14.5. The van der Waals surface area contributed by atoms with Gasteiger partial charge < -0.3 is 9.64 Å². The highest BCUT2D eigenvalue weighted by Crippen LogP contribution is 2.48. The van der Waals surface area contributed by atoms with Crippen molar-refractivity contribution in [2.75, 3.05) is 18.5 Å². The number of anilines is 1. The third-order valence-electron chi connectivity index (χ3n) is 10.4. The third kappa shape index (κ3) is 6.32. The molecule has 3 nitrogen and oxygen atoms in total. The van der Waals surface area contributed by atoms with Crippen molar-refractivity contribution >= 4 is 17.1 Å². The minimum atomic E-state index is -0.344. The van der Waals surface area contributed by atoms with Gasteiger partial charge >= 0.3 is 0 Å². The van der Waals surface area contributed by atoms with Crippen molar-refractivity contribution in [3.63, 3.8) is 0 Å². The summed E-state index contributed by atoms with van der Waals surface area (Å²) in [5.41, 5.74) is 9.23. The Morgan fingerprint density at radius 2 is 1.54 bits per heavy atom. The Bertz CT molecular complexity index is 1870. The molecule has 0 unspecified atom stereocenters. The number of halogens is 2. The fourth-order valence-electron chi connectivity index (χ4n) is 7.65. The second kappa shape index (κ2) is 13.3. The summed E-state index contributed by atoms with van der Waals surface area (Å²) in [5, 5.41) is 0. The number of nitrogens with zero attached hydrogens (tertiary/aromatic N) is 2. The molecule has 0 spiro atoms. The van der Waals surface area contributed by atoms with Crippen LogP contribution in [0.3, 0.4) is 0 Å². The molecule has 2 heterocycles. The highest BCUT2D eigenvalue weighted by molar-refractivity contribution is 6.03. The summed E-state index contributed by atoms with van der Waals surface area (Å²) in [6.07, 6.45) is 15.0.